The Kier molecular flexibility index (Phi) is 5.46. The van der Waals surface area contributed by atoms with Gasteiger partial charge in [0.1, 0.15) is 17.2 Å². The van der Waals surface area contributed by atoms with Gasteiger partial charge in [0.05, 0.1) is 0 Å². The van der Waals surface area contributed by atoms with Crippen LogP contribution >= 0.6 is 7.82 Å². The first-order chi connectivity index (χ1) is 11.8. The van der Waals surface area contributed by atoms with Crippen LogP contribution < -0.4 is 9.05 Å². The van der Waals surface area contributed by atoms with Gasteiger partial charge in [0.25, 0.3) is 0 Å². The predicted octanol–water partition coefficient (Wildman–Crippen LogP) is 5.55. The van der Waals surface area contributed by atoms with Gasteiger partial charge in [-0.1, -0.05) is 65.8 Å². The molecule has 2 aromatic rings. The van der Waals surface area contributed by atoms with Gasteiger partial charge in [-0.15, -0.1) is 0 Å². The summed E-state index contributed by atoms with van der Waals surface area (Å²) in [4.78, 5) is 10.3. The van der Waals surface area contributed by atoms with Crippen LogP contribution in [0.5, 0.6) is 17.2 Å². The molecule has 0 aromatic heterocycles. The molecule has 0 aliphatic carbocycles. The minimum Gasteiger partial charge on any atom is -0.508 e. The molecule has 0 aliphatic rings. The van der Waals surface area contributed by atoms with E-state index in [0.29, 0.717) is 5.75 Å². The summed E-state index contributed by atoms with van der Waals surface area (Å²) >= 11 is 0. The molecule has 0 bridgehead atoms. The van der Waals surface area contributed by atoms with Gasteiger partial charge in [-0.25, -0.2) is 4.57 Å². The van der Waals surface area contributed by atoms with Crippen LogP contribution in [0.2, 0.25) is 0 Å². The first kappa shape index (κ1) is 20.3. The van der Waals surface area contributed by atoms with Crippen molar-refractivity contribution in [1.82, 2.24) is 0 Å². The van der Waals surface area contributed by atoms with Crippen LogP contribution in [-0.4, -0.2) is 10.00 Å². The van der Waals surface area contributed by atoms with Crippen LogP contribution in [0.4, 0.5) is 0 Å². The lowest BCUT2D eigenvalue weighted by atomic mass is 9.80. The number of phenolic OH excluding ortho intramolecular Hbond substituents is 1. The molecule has 0 saturated heterocycles. The van der Waals surface area contributed by atoms with Crippen LogP contribution in [0.1, 0.15) is 52.7 Å². The number of phosphoric acid groups is 1. The lowest BCUT2D eigenvalue weighted by molar-refractivity contribution is 0.285. The Balaban J connectivity index is 2.48. The molecular formula is C20H27O5P. The highest BCUT2D eigenvalue weighted by atomic mass is 31.2. The maximum absolute atomic E-state index is 12.7. The fourth-order valence-electron chi connectivity index (χ4n) is 2.62. The molecule has 0 spiro atoms. The third-order valence-electron chi connectivity index (χ3n) is 3.88. The van der Waals surface area contributed by atoms with E-state index in [-0.39, 0.29) is 22.3 Å². The van der Waals surface area contributed by atoms with E-state index in [1.165, 1.54) is 24.3 Å². The van der Waals surface area contributed by atoms with Crippen molar-refractivity contribution >= 4 is 7.82 Å². The molecule has 1 unspecified atom stereocenters. The molecule has 0 fully saturated rings. The van der Waals surface area contributed by atoms with Crippen LogP contribution in [-0.2, 0) is 15.4 Å². The van der Waals surface area contributed by atoms with E-state index in [9.17, 15) is 14.6 Å². The number of phosphoric ester groups is 1. The highest BCUT2D eigenvalue weighted by Gasteiger charge is 2.33. The molecule has 0 heterocycles. The molecule has 0 amide bonds. The summed E-state index contributed by atoms with van der Waals surface area (Å²) in [7, 11) is -4.46. The van der Waals surface area contributed by atoms with Crippen LogP contribution in [0.25, 0.3) is 0 Å². The van der Waals surface area contributed by atoms with Gasteiger partial charge >= 0.3 is 7.82 Å². The molecule has 2 rings (SSSR count). The summed E-state index contributed by atoms with van der Waals surface area (Å²) in [5.41, 5.74) is 1.06. The average molecular weight is 378 g/mol. The van der Waals surface area contributed by atoms with E-state index in [1.807, 2.05) is 59.7 Å². The van der Waals surface area contributed by atoms with E-state index in [1.54, 1.807) is 0 Å². The van der Waals surface area contributed by atoms with Crippen molar-refractivity contribution in [1.29, 1.82) is 0 Å². The van der Waals surface area contributed by atoms with Gasteiger partial charge in [0, 0.05) is 17.2 Å². The molecular weight excluding hydrogens is 351 g/mol. The minimum atomic E-state index is -4.46. The van der Waals surface area contributed by atoms with Crippen LogP contribution in [0.15, 0.2) is 42.5 Å². The van der Waals surface area contributed by atoms with Gasteiger partial charge in [0.2, 0.25) is 0 Å². The third-order valence-corrected chi connectivity index (χ3v) is 4.73. The largest absolute Gasteiger partial charge is 0.584 e. The summed E-state index contributed by atoms with van der Waals surface area (Å²) < 4.78 is 23.4. The lowest BCUT2D eigenvalue weighted by Crippen LogP contribution is -2.19. The Morgan fingerprint density at radius 2 is 1.35 bits per heavy atom. The van der Waals surface area contributed by atoms with Gasteiger partial charge < -0.3 is 14.2 Å². The summed E-state index contributed by atoms with van der Waals surface area (Å²) in [6.07, 6.45) is 0. The van der Waals surface area contributed by atoms with Gasteiger partial charge in [0.15, 0.2) is 0 Å². The summed E-state index contributed by atoms with van der Waals surface area (Å²) in [6.45, 7) is 12.1. The van der Waals surface area contributed by atoms with E-state index < -0.39 is 7.82 Å². The zero-order valence-corrected chi connectivity index (χ0v) is 17.0. The Labute approximate surface area is 155 Å². The summed E-state index contributed by atoms with van der Waals surface area (Å²) in [6, 6.07) is 11.4. The van der Waals surface area contributed by atoms with E-state index in [0.717, 1.165) is 11.1 Å². The fraction of sp³-hybridized carbons (Fsp3) is 0.400. The molecule has 0 aliphatic heterocycles. The highest BCUT2D eigenvalue weighted by Crippen LogP contribution is 2.50. The monoisotopic (exact) mass is 378 g/mol. The van der Waals surface area contributed by atoms with Crippen molar-refractivity contribution in [3.8, 4) is 17.2 Å². The van der Waals surface area contributed by atoms with Crippen molar-refractivity contribution < 1.29 is 23.6 Å². The number of para-hydroxylation sites is 1. The van der Waals surface area contributed by atoms with Gasteiger partial charge in [-0.05, 0) is 23.0 Å². The molecule has 2 N–H and O–H groups in total. The third kappa shape index (κ3) is 5.03. The molecule has 0 saturated carbocycles. The Hall–Kier alpha value is -1.97. The van der Waals surface area contributed by atoms with Crippen LogP contribution in [0, 0.1) is 0 Å². The Morgan fingerprint density at radius 1 is 0.846 bits per heavy atom. The van der Waals surface area contributed by atoms with E-state index in [2.05, 4.69) is 0 Å². The smallest absolute Gasteiger partial charge is 0.508 e. The van der Waals surface area contributed by atoms with Crippen molar-refractivity contribution in [2.75, 3.05) is 0 Å². The summed E-state index contributed by atoms with van der Waals surface area (Å²) in [5.74, 6) is 0.354. The zero-order valence-electron chi connectivity index (χ0n) is 16.1. The second-order valence-electron chi connectivity index (χ2n) is 8.33. The quantitative estimate of drug-likeness (QED) is 0.683. The fourth-order valence-corrected chi connectivity index (χ4v) is 3.47. The molecule has 6 heteroatoms. The maximum Gasteiger partial charge on any atom is 0.584 e. The lowest BCUT2D eigenvalue weighted by Gasteiger charge is -2.30. The second kappa shape index (κ2) is 6.98. The summed E-state index contributed by atoms with van der Waals surface area (Å²) in [5, 5.41) is 9.51. The van der Waals surface area contributed by atoms with Crippen molar-refractivity contribution in [2.45, 2.75) is 52.4 Å². The Morgan fingerprint density at radius 3 is 1.81 bits per heavy atom. The molecule has 0 radical (unpaired) electrons. The maximum atomic E-state index is 12.7. The molecule has 5 nitrogen and oxygen atoms in total. The predicted molar refractivity (Wildman–Crippen MR) is 103 cm³/mol. The van der Waals surface area contributed by atoms with Crippen molar-refractivity contribution in [2.24, 2.45) is 0 Å². The number of phenols is 1. The molecule has 1 atom stereocenters. The van der Waals surface area contributed by atoms with E-state index >= 15 is 0 Å². The van der Waals surface area contributed by atoms with Gasteiger partial charge in [-0.2, -0.15) is 0 Å². The number of hydrogen-bond donors (Lipinski definition) is 2. The first-order valence-electron chi connectivity index (χ1n) is 8.44. The number of hydrogen-bond acceptors (Lipinski definition) is 4. The van der Waals surface area contributed by atoms with Crippen molar-refractivity contribution in [3.05, 3.63) is 53.6 Å². The zero-order chi connectivity index (χ0) is 19.8. The Bertz CT molecular complexity index is 799. The SMILES string of the molecule is CC(C)(C)c1cccc(C(C)(C)C)c1OP(=O)(O)Oc1cccc(O)c1. The molecule has 142 valence electrons. The number of benzene rings is 2. The minimum absolute atomic E-state index is 0.0568. The van der Waals surface area contributed by atoms with Crippen LogP contribution in [0.3, 0.4) is 0 Å². The highest BCUT2D eigenvalue weighted by molar-refractivity contribution is 7.48. The van der Waals surface area contributed by atoms with E-state index in [4.69, 9.17) is 9.05 Å². The van der Waals surface area contributed by atoms with Crippen molar-refractivity contribution in [3.63, 3.8) is 0 Å². The second-order valence-corrected chi connectivity index (χ2v) is 9.63. The molecule has 26 heavy (non-hydrogen) atoms. The topological polar surface area (TPSA) is 76.0 Å². The van der Waals surface area contributed by atoms with Gasteiger partial charge in [-0.3, -0.25) is 4.89 Å². The normalized spacial score (nSPS) is 14.6. The number of rotatable bonds is 4. The number of aromatic hydroxyl groups is 1. The average Bonchev–Trinajstić information content (AvgIpc) is 2.44. The molecule has 2 aromatic carbocycles. The first-order valence-corrected chi connectivity index (χ1v) is 9.94. The standard InChI is InChI=1S/C20H27O5P/c1-19(2,3)16-11-8-12-17(20(4,5)6)18(16)25-26(22,23)24-15-10-7-9-14(21)13-15/h7-13,21H,1-6H3,(H,22,23).